The van der Waals surface area contributed by atoms with Gasteiger partial charge in [-0.25, -0.2) is 8.42 Å². The Labute approximate surface area is 196 Å². The van der Waals surface area contributed by atoms with Crippen molar-refractivity contribution in [2.75, 3.05) is 18.6 Å². The Morgan fingerprint density at radius 1 is 1.06 bits per heavy atom. The van der Waals surface area contributed by atoms with Crippen molar-refractivity contribution in [2.24, 2.45) is 0 Å². The van der Waals surface area contributed by atoms with Crippen LogP contribution in [0.4, 0.5) is 0 Å². The maximum atomic E-state index is 13.3. The second-order valence-electron chi connectivity index (χ2n) is 8.98. The van der Waals surface area contributed by atoms with E-state index in [2.05, 4.69) is 29.4 Å². The van der Waals surface area contributed by atoms with Gasteiger partial charge in [-0.05, 0) is 31.4 Å². The highest BCUT2D eigenvalue weighted by Crippen LogP contribution is 2.30. The van der Waals surface area contributed by atoms with Crippen molar-refractivity contribution in [3.63, 3.8) is 0 Å². The van der Waals surface area contributed by atoms with Gasteiger partial charge in [-0.2, -0.15) is 5.10 Å². The standard InChI is InChI=1S/C26H31N3O3S/c1-19-25(20(2)29(27-19)23-14-15-33(31,32)18-23)17-28(3)26(30)16-24(21-10-6-4-7-11-21)22-12-8-5-9-13-22/h4-13,23-24H,14-18H2,1-3H3. The maximum absolute atomic E-state index is 13.3. The summed E-state index contributed by atoms with van der Waals surface area (Å²) >= 11 is 0. The highest BCUT2D eigenvalue weighted by Gasteiger charge is 2.32. The number of aromatic nitrogens is 2. The molecule has 1 aliphatic rings. The SMILES string of the molecule is Cc1nn(C2CCS(=O)(=O)C2)c(C)c1CN(C)C(=O)CC(c1ccccc1)c1ccccc1. The maximum Gasteiger partial charge on any atom is 0.223 e. The summed E-state index contributed by atoms with van der Waals surface area (Å²) in [4.78, 5) is 15.1. The Kier molecular flexibility index (Phi) is 6.70. The molecule has 0 aliphatic carbocycles. The molecule has 1 saturated heterocycles. The van der Waals surface area contributed by atoms with Gasteiger partial charge in [-0.3, -0.25) is 9.48 Å². The van der Waals surface area contributed by atoms with E-state index >= 15 is 0 Å². The number of aryl methyl sites for hydroxylation is 1. The fourth-order valence-corrected chi connectivity index (χ4v) is 6.40. The third-order valence-corrected chi connectivity index (χ3v) is 8.38. The Hall–Kier alpha value is -2.93. The fraction of sp³-hybridized carbons (Fsp3) is 0.385. The molecule has 1 unspecified atom stereocenters. The second-order valence-corrected chi connectivity index (χ2v) is 11.2. The molecule has 6 nitrogen and oxygen atoms in total. The van der Waals surface area contributed by atoms with Crippen LogP contribution in [0.25, 0.3) is 0 Å². The van der Waals surface area contributed by atoms with Crippen molar-refractivity contribution in [1.82, 2.24) is 14.7 Å². The molecule has 7 heteroatoms. The number of hydrogen-bond donors (Lipinski definition) is 0. The molecule has 0 saturated carbocycles. The van der Waals surface area contributed by atoms with Crippen LogP contribution in [0.2, 0.25) is 0 Å². The molecule has 1 aliphatic heterocycles. The van der Waals surface area contributed by atoms with Crippen molar-refractivity contribution >= 4 is 15.7 Å². The number of rotatable bonds is 7. The predicted octanol–water partition coefficient (Wildman–Crippen LogP) is 4.04. The lowest BCUT2D eigenvalue weighted by atomic mass is 9.88. The number of benzene rings is 2. The fourth-order valence-electron chi connectivity index (χ4n) is 4.70. The minimum atomic E-state index is -2.99. The van der Waals surface area contributed by atoms with E-state index in [1.165, 1.54) is 0 Å². The molecule has 174 valence electrons. The van der Waals surface area contributed by atoms with Crippen molar-refractivity contribution in [3.8, 4) is 0 Å². The second kappa shape index (κ2) is 9.51. The largest absolute Gasteiger partial charge is 0.341 e. The van der Waals surface area contributed by atoms with Crippen LogP contribution in [0.5, 0.6) is 0 Å². The first-order chi connectivity index (χ1) is 15.7. The smallest absolute Gasteiger partial charge is 0.223 e. The molecule has 1 atom stereocenters. The summed E-state index contributed by atoms with van der Waals surface area (Å²) in [5, 5.41) is 4.64. The van der Waals surface area contributed by atoms with E-state index in [-0.39, 0.29) is 29.4 Å². The molecule has 4 rings (SSSR count). The van der Waals surface area contributed by atoms with Crippen LogP contribution in [0, 0.1) is 13.8 Å². The van der Waals surface area contributed by atoms with Crippen molar-refractivity contribution in [3.05, 3.63) is 88.7 Å². The quantitative estimate of drug-likeness (QED) is 0.528. The number of amides is 1. The summed E-state index contributed by atoms with van der Waals surface area (Å²) < 4.78 is 25.7. The molecule has 33 heavy (non-hydrogen) atoms. The van der Waals surface area contributed by atoms with E-state index in [0.29, 0.717) is 19.4 Å². The zero-order valence-electron chi connectivity index (χ0n) is 19.4. The summed E-state index contributed by atoms with van der Waals surface area (Å²) in [5.74, 6) is 0.391. The van der Waals surface area contributed by atoms with Gasteiger partial charge < -0.3 is 4.90 Å². The van der Waals surface area contributed by atoms with E-state index in [1.807, 2.05) is 62.0 Å². The zero-order valence-corrected chi connectivity index (χ0v) is 20.3. The van der Waals surface area contributed by atoms with Gasteiger partial charge in [0.15, 0.2) is 9.84 Å². The molecule has 0 N–H and O–H groups in total. The summed E-state index contributed by atoms with van der Waals surface area (Å²) in [6.45, 7) is 4.35. The van der Waals surface area contributed by atoms with Crippen LogP contribution >= 0.6 is 0 Å². The van der Waals surface area contributed by atoms with E-state index in [0.717, 1.165) is 28.1 Å². The molecule has 1 fully saturated rings. The molecule has 2 heterocycles. The van der Waals surface area contributed by atoms with E-state index < -0.39 is 9.84 Å². The van der Waals surface area contributed by atoms with E-state index in [9.17, 15) is 13.2 Å². The number of hydrogen-bond acceptors (Lipinski definition) is 4. The summed E-state index contributed by atoms with van der Waals surface area (Å²) in [6, 6.07) is 20.1. The zero-order chi connectivity index (χ0) is 23.6. The van der Waals surface area contributed by atoms with Crippen molar-refractivity contribution in [2.45, 2.75) is 45.2 Å². The summed E-state index contributed by atoms with van der Waals surface area (Å²) in [5.41, 5.74) is 5.02. The average Bonchev–Trinajstić information content (AvgIpc) is 3.31. The van der Waals surface area contributed by atoms with Crippen LogP contribution in [-0.2, 0) is 21.2 Å². The van der Waals surface area contributed by atoms with Crippen LogP contribution in [-0.4, -0.2) is 47.6 Å². The lowest BCUT2D eigenvalue weighted by Gasteiger charge is -2.23. The molecule has 3 aromatic rings. The molecule has 1 aromatic heterocycles. The Bertz CT molecular complexity index is 1180. The number of sulfone groups is 1. The Morgan fingerprint density at radius 2 is 1.64 bits per heavy atom. The predicted molar refractivity (Wildman–Crippen MR) is 130 cm³/mol. The minimum absolute atomic E-state index is 0.0176. The summed E-state index contributed by atoms with van der Waals surface area (Å²) in [7, 11) is -1.17. The van der Waals surface area contributed by atoms with Crippen molar-refractivity contribution in [1.29, 1.82) is 0 Å². The molecule has 1 amide bonds. The van der Waals surface area contributed by atoms with Crippen molar-refractivity contribution < 1.29 is 13.2 Å². The Balaban J connectivity index is 1.51. The molecular formula is C26H31N3O3S. The molecular weight excluding hydrogens is 434 g/mol. The van der Waals surface area contributed by atoms with Gasteiger partial charge in [0, 0.05) is 37.2 Å². The van der Waals surface area contributed by atoms with Crippen LogP contribution < -0.4 is 0 Å². The van der Waals surface area contributed by atoms with Gasteiger partial charge >= 0.3 is 0 Å². The lowest BCUT2D eigenvalue weighted by molar-refractivity contribution is -0.130. The van der Waals surface area contributed by atoms with Gasteiger partial charge in [0.25, 0.3) is 0 Å². The van der Waals surface area contributed by atoms with Gasteiger partial charge in [-0.1, -0.05) is 60.7 Å². The number of carbonyl (C=O) groups is 1. The van der Waals surface area contributed by atoms with Crippen LogP contribution in [0.1, 0.15) is 52.9 Å². The van der Waals surface area contributed by atoms with Crippen LogP contribution in [0.15, 0.2) is 60.7 Å². The molecule has 0 radical (unpaired) electrons. The molecule has 0 bridgehead atoms. The first kappa shape index (κ1) is 23.2. The third-order valence-electron chi connectivity index (χ3n) is 6.63. The Morgan fingerprint density at radius 3 is 2.15 bits per heavy atom. The van der Waals surface area contributed by atoms with Gasteiger partial charge in [0.05, 0.1) is 23.2 Å². The molecule has 2 aromatic carbocycles. The van der Waals surface area contributed by atoms with Gasteiger partial charge in [-0.15, -0.1) is 0 Å². The van der Waals surface area contributed by atoms with Gasteiger partial charge in [0.2, 0.25) is 5.91 Å². The topological polar surface area (TPSA) is 72.3 Å². The third kappa shape index (κ3) is 5.19. The number of carbonyl (C=O) groups excluding carboxylic acids is 1. The first-order valence-corrected chi connectivity index (χ1v) is 13.2. The van der Waals surface area contributed by atoms with Crippen LogP contribution in [0.3, 0.4) is 0 Å². The summed E-state index contributed by atoms with van der Waals surface area (Å²) in [6.07, 6.45) is 0.964. The van der Waals surface area contributed by atoms with Gasteiger partial charge in [0.1, 0.15) is 0 Å². The highest BCUT2D eigenvalue weighted by atomic mass is 32.2. The lowest BCUT2D eigenvalue weighted by Crippen LogP contribution is -2.28. The number of nitrogens with zero attached hydrogens (tertiary/aromatic N) is 3. The monoisotopic (exact) mass is 465 g/mol. The normalized spacial score (nSPS) is 17.4. The van der Waals surface area contributed by atoms with E-state index in [1.54, 1.807) is 4.90 Å². The minimum Gasteiger partial charge on any atom is -0.341 e. The van der Waals surface area contributed by atoms with E-state index in [4.69, 9.17) is 0 Å². The first-order valence-electron chi connectivity index (χ1n) is 11.3. The highest BCUT2D eigenvalue weighted by molar-refractivity contribution is 7.91. The molecule has 0 spiro atoms. The average molecular weight is 466 g/mol.